The van der Waals surface area contributed by atoms with Gasteiger partial charge in [-0.1, -0.05) is 212 Å². The Balaban J connectivity index is 0.00000690. The van der Waals surface area contributed by atoms with Crippen LogP contribution < -0.4 is 14.5 Å². The molecule has 11 aromatic rings. The van der Waals surface area contributed by atoms with Crippen molar-refractivity contribution in [3.05, 3.63) is 211 Å². The number of thiophene rings is 1. The summed E-state index contributed by atoms with van der Waals surface area (Å²) in [7, 11) is 0. The fourth-order valence-electron chi connectivity index (χ4n) is 11.3. The number of hydrogen-bond acceptors (Lipinski definition) is 5. The van der Waals surface area contributed by atoms with Crippen LogP contribution in [0.1, 0.15) is 132 Å². The van der Waals surface area contributed by atoms with E-state index >= 15 is 0 Å². The van der Waals surface area contributed by atoms with E-state index in [-0.39, 0.29) is 48.1 Å². The minimum absolute atomic E-state index is 0. The van der Waals surface area contributed by atoms with Crippen molar-refractivity contribution in [3.63, 3.8) is 0 Å². The predicted molar refractivity (Wildman–Crippen MR) is 341 cm³/mol. The molecule has 7 heteroatoms. The molecule has 0 fully saturated rings. The van der Waals surface area contributed by atoms with E-state index in [9.17, 15) is 0 Å². The summed E-state index contributed by atoms with van der Waals surface area (Å²) >= 11 is 1.83. The van der Waals surface area contributed by atoms with Gasteiger partial charge in [0.05, 0.1) is 5.52 Å². The zero-order valence-corrected chi connectivity index (χ0v) is 52.7. The average molecular weight is 1260 g/mol. The third-order valence-electron chi connectivity index (χ3n) is 16.1. The molecule has 0 N–H and O–H groups in total. The van der Waals surface area contributed by atoms with Crippen molar-refractivity contribution < 1.29 is 25.8 Å². The molecular formula is C74H73N4OPtS-3. The van der Waals surface area contributed by atoms with Crippen molar-refractivity contribution >= 4 is 76.1 Å². The van der Waals surface area contributed by atoms with Gasteiger partial charge in [0.25, 0.3) is 0 Å². The van der Waals surface area contributed by atoms with Crippen LogP contribution in [0.5, 0.6) is 11.5 Å². The normalized spacial score (nSPS) is 13.4. The van der Waals surface area contributed by atoms with E-state index in [0.29, 0.717) is 11.5 Å². The summed E-state index contributed by atoms with van der Waals surface area (Å²) in [6.45, 7) is 36.9. The number of nitrogens with zero attached hydrogens (tertiary/aromatic N) is 4. The molecule has 0 radical (unpaired) electrons. The van der Waals surface area contributed by atoms with Crippen LogP contribution in [0.4, 0.5) is 22.7 Å². The molecule has 1 aliphatic heterocycles. The van der Waals surface area contributed by atoms with Crippen LogP contribution in [0.3, 0.4) is 0 Å². The first-order valence-corrected chi connectivity index (χ1v) is 29.1. The second-order valence-corrected chi connectivity index (χ2v) is 28.2. The summed E-state index contributed by atoms with van der Waals surface area (Å²) in [6, 6.07) is 65.6. The Bertz CT molecular complexity index is 4080. The van der Waals surface area contributed by atoms with E-state index in [4.69, 9.17) is 9.72 Å². The van der Waals surface area contributed by atoms with Gasteiger partial charge in [-0.2, -0.15) is 12.1 Å². The largest absolute Gasteiger partial charge is 0.509 e. The number of hydrogen-bond donors (Lipinski definition) is 0. The summed E-state index contributed by atoms with van der Waals surface area (Å²) in [4.78, 5) is 9.74. The van der Waals surface area contributed by atoms with Gasteiger partial charge in [0.15, 0.2) is 0 Å². The molecule has 0 atom stereocenters. The molecule has 12 rings (SSSR count). The third-order valence-corrected chi connectivity index (χ3v) is 17.3. The van der Waals surface area contributed by atoms with Crippen molar-refractivity contribution in [2.45, 2.75) is 131 Å². The van der Waals surface area contributed by atoms with Gasteiger partial charge in [-0.15, -0.1) is 54.0 Å². The summed E-state index contributed by atoms with van der Waals surface area (Å²) in [5.74, 6) is 2.05. The van der Waals surface area contributed by atoms with Crippen LogP contribution in [-0.4, -0.2) is 9.55 Å². The number of rotatable bonds is 7. The minimum Gasteiger partial charge on any atom is -0.509 e. The van der Waals surface area contributed by atoms with E-state index < -0.39 is 0 Å². The van der Waals surface area contributed by atoms with Crippen LogP contribution in [0, 0.1) is 18.8 Å². The van der Waals surface area contributed by atoms with E-state index in [1.165, 1.54) is 75.6 Å². The molecule has 0 unspecified atom stereocenters. The second kappa shape index (κ2) is 20.2. The Morgan fingerprint density at radius 1 is 0.481 bits per heavy atom. The van der Waals surface area contributed by atoms with Gasteiger partial charge < -0.3 is 19.1 Å². The van der Waals surface area contributed by atoms with E-state index in [0.717, 1.165) is 45.0 Å². The monoisotopic (exact) mass is 1260 g/mol. The zero-order valence-electron chi connectivity index (χ0n) is 49.6. The van der Waals surface area contributed by atoms with Crippen LogP contribution in [-0.2, 0) is 48.1 Å². The maximum atomic E-state index is 6.90. The standard InChI is InChI=1S/C74H73N4OS.Pt/c1-70(2,3)49-34-35-75-65(42-49)78-63-44-56(31-32-60(63)69-68(78)66-57-25-17-16-22-46(57)30-33-64(66)80-69)79-55-24-20-23-54(43-55)76-45-77(62-29-19-18-28-61(62)76)67-58(47-36-50(71(4,5)6)40-51(37-47)72(7,8)9)26-21-27-59(67)48-38-52(73(10,11)12)41-53(39-48)74(13,14)15;/h16-42,45H,1-15H3;/q-3;. The number of fused-ring (bicyclic) bond motifs is 8. The van der Waals surface area contributed by atoms with Crippen LogP contribution >= 0.6 is 11.3 Å². The number of aromatic nitrogens is 2. The van der Waals surface area contributed by atoms with Crippen LogP contribution in [0.2, 0.25) is 0 Å². The molecule has 5 nitrogen and oxygen atoms in total. The molecule has 0 spiro atoms. The molecular weight excluding hydrogens is 1190 g/mol. The molecule has 8 aromatic carbocycles. The molecule has 0 bridgehead atoms. The van der Waals surface area contributed by atoms with Gasteiger partial charge >= 0.3 is 0 Å². The average Bonchev–Trinajstić information content (AvgIpc) is 4.12. The Hall–Kier alpha value is -6.98. The SMILES string of the molecule is CC(C)(C)c1cc(-c2cccc(-c3cc(C(C)(C)C)cc(C(C)(C)C)c3)c2N2[CH-]N(c3[c-]c(Oc4[c-]c5c(cc4)c4sc6ccc7ccccc7c6c4n5-c4cc(C(C)(C)C)ccn4)ccc3)c3ccccc32)cc(C(C)(C)C)c1.[Pt]. The van der Waals surface area contributed by atoms with E-state index in [2.05, 4.69) is 283 Å². The van der Waals surface area contributed by atoms with Crippen molar-refractivity contribution in [3.8, 4) is 39.6 Å². The Morgan fingerprint density at radius 2 is 1.02 bits per heavy atom. The van der Waals surface area contributed by atoms with Crippen molar-refractivity contribution in [2.24, 2.45) is 0 Å². The van der Waals surface area contributed by atoms with Crippen LogP contribution in [0.25, 0.3) is 70.0 Å². The number of ether oxygens (including phenoxy) is 1. The van der Waals surface area contributed by atoms with Crippen molar-refractivity contribution in [1.29, 1.82) is 0 Å². The first-order chi connectivity index (χ1) is 37.8. The topological polar surface area (TPSA) is 33.5 Å². The maximum absolute atomic E-state index is 6.90. The van der Waals surface area contributed by atoms with Crippen LogP contribution in [0.15, 0.2) is 164 Å². The van der Waals surface area contributed by atoms with Gasteiger partial charge in [-0.05, 0) is 107 Å². The third kappa shape index (κ3) is 10.3. The van der Waals surface area contributed by atoms with Gasteiger partial charge in [0, 0.05) is 81.7 Å². The molecule has 4 heterocycles. The molecule has 81 heavy (non-hydrogen) atoms. The summed E-state index contributed by atoms with van der Waals surface area (Å²) in [5.41, 5.74) is 17.1. The van der Waals surface area contributed by atoms with Gasteiger partial charge in [-0.25, -0.2) is 4.98 Å². The quantitative estimate of drug-likeness (QED) is 0.149. The Morgan fingerprint density at radius 3 is 1.62 bits per heavy atom. The summed E-state index contributed by atoms with van der Waals surface area (Å²) < 4.78 is 11.7. The Kier molecular flexibility index (Phi) is 13.9. The molecule has 0 saturated heterocycles. The molecule has 414 valence electrons. The number of benzene rings is 8. The predicted octanol–water partition coefficient (Wildman–Crippen LogP) is 21.2. The summed E-state index contributed by atoms with van der Waals surface area (Å²) in [5, 5.41) is 4.78. The van der Waals surface area contributed by atoms with Crippen molar-refractivity contribution in [2.75, 3.05) is 9.80 Å². The number of para-hydroxylation sites is 3. The molecule has 0 saturated carbocycles. The summed E-state index contributed by atoms with van der Waals surface area (Å²) in [6.07, 6.45) is 1.94. The fourth-order valence-corrected chi connectivity index (χ4v) is 12.5. The number of anilines is 4. The Labute approximate surface area is 498 Å². The van der Waals surface area contributed by atoms with Gasteiger partial charge in [-0.3, -0.25) is 0 Å². The van der Waals surface area contributed by atoms with Gasteiger partial charge in [0.2, 0.25) is 0 Å². The smallest absolute Gasteiger partial charge is 0.135 e. The molecule has 0 aliphatic carbocycles. The zero-order chi connectivity index (χ0) is 56.4. The molecule has 1 aliphatic rings. The first-order valence-electron chi connectivity index (χ1n) is 28.3. The first kappa shape index (κ1) is 55.9. The molecule has 3 aromatic heterocycles. The minimum atomic E-state index is -0.0690. The second-order valence-electron chi connectivity index (χ2n) is 27.2. The maximum Gasteiger partial charge on any atom is 0.135 e. The van der Waals surface area contributed by atoms with E-state index in [1.54, 1.807) is 0 Å². The number of pyridine rings is 1. The molecule has 0 amide bonds. The van der Waals surface area contributed by atoms with Crippen molar-refractivity contribution in [1.82, 2.24) is 9.55 Å². The van der Waals surface area contributed by atoms with E-state index in [1.807, 2.05) is 29.7 Å². The fraction of sp³-hybridized carbons (Fsp3) is 0.270. The van der Waals surface area contributed by atoms with Gasteiger partial charge in [0.1, 0.15) is 5.82 Å².